The van der Waals surface area contributed by atoms with Crippen molar-refractivity contribution >= 4 is 5.65 Å². The molecule has 1 saturated heterocycles. The Kier molecular flexibility index (Phi) is 3.95. The maximum absolute atomic E-state index is 13.5. The lowest BCUT2D eigenvalue weighted by atomic mass is 10.2. The van der Waals surface area contributed by atoms with Gasteiger partial charge < -0.3 is 4.74 Å². The molecule has 124 valence electrons. The van der Waals surface area contributed by atoms with Crippen LogP contribution in [0.2, 0.25) is 0 Å². The summed E-state index contributed by atoms with van der Waals surface area (Å²) in [5, 5.41) is 8.42. The summed E-state index contributed by atoms with van der Waals surface area (Å²) in [7, 11) is 0. The highest BCUT2D eigenvalue weighted by Gasteiger charge is 2.16. The van der Waals surface area contributed by atoms with E-state index < -0.39 is 11.6 Å². The fourth-order valence-corrected chi connectivity index (χ4v) is 2.93. The molecule has 0 radical (unpaired) electrons. The molecule has 0 bridgehead atoms. The predicted molar refractivity (Wildman–Crippen MR) is 84.4 cm³/mol. The molecule has 0 amide bonds. The quantitative estimate of drug-likeness (QED) is 0.740. The molecule has 0 aliphatic carbocycles. The maximum Gasteiger partial charge on any atom is 0.168 e. The second kappa shape index (κ2) is 6.26. The summed E-state index contributed by atoms with van der Waals surface area (Å²) in [6.45, 7) is 3.98. The second-order valence-corrected chi connectivity index (χ2v) is 5.77. The van der Waals surface area contributed by atoms with Gasteiger partial charge >= 0.3 is 0 Å². The van der Waals surface area contributed by atoms with Gasteiger partial charge in [0, 0.05) is 37.0 Å². The van der Waals surface area contributed by atoms with Crippen molar-refractivity contribution in [2.45, 2.75) is 6.54 Å². The van der Waals surface area contributed by atoms with E-state index in [9.17, 15) is 8.78 Å². The minimum atomic E-state index is -0.895. The Morgan fingerprint density at radius 3 is 2.67 bits per heavy atom. The van der Waals surface area contributed by atoms with E-state index >= 15 is 0 Å². The third-order valence-corrected chi connectivity index (χ3v) is 4.19. The highest BCUT2D eigenvalue weighted by atomic mass is 19.2. The number of halogens is 2. The molecular weight excluding hydrogens is 314 g/mol. The largest absolute Gasteiger partial charge is 0.379 e. The van der Waals surface area contributed by atoms with Crippen molar-refractivity contribution in [1.29, 1.82) is 0 Å². The normalized spacial score (nSPS) is 15.9. The van der Waals surface area contributed by atoms with E-state index in [1.807, 2.05) is 22.7 Å². The van der Waals surface area contributed by atoms with Gasteiger partial charge in [-0.05, 0) is 24.3 Å². The minimum Gasteiger partial charge on any atom is -0.379 e. The lowest BCUT2D eigenvalue weighted by Crippen LogP contribution is -2.35. The Morgan fingerprint density at radius 2 is 1.88 bits per heavy atom. The number of fused-ring (bicyclic) bond motifs is 1. The van der Waals surface area contributed by atoms with Crippen molar-refractivity contribution in [3.63, 3.8) is 0 Å². The van der Waals surface area contributed by atoms with Crippen molar-refractivity contribution in [3.8, 4) is 11.4 Å². The van der Waals surface area contributed by atoms with E-state index in [0.29, 0.717) is 11.4 Å². The fourth-order valence-electron chi connectivity index (χ4n) is 2.93. The number of hydrogen-bond donors (Lipinski definition) is 0. The minimum absolute atomic E-state index is 0.491. The molecule has 3 heterocycles. The Bertz CT molecular complexity index is 874. The number of rotatable bonds is 3. The summed E-state index contributed by atoms with van der Waals surface area (Å²) < 4.78 is 33.8. The average Bonchev–Trinajstić information content (AvgIpc) is 3.03. The van der Waals surface area contributed by atoms with Crippen LogP contribution in [-0.2, 0) is 11.3 Å². The van der Waals surface area contributed by atoms with Crippen LogP contribution in [-0.4, -0.2) is 45.8 Å². The molecule has 1 aromatic carbocycles. The van der Waals surface area contributed by atoms with Gasteiger partial charge in [0.15, 0.2) is 23.1 Å². The Morgan fingerprint density at radius 1 is 1.04 bits per heavy atom. The molecule has 2 aromatic heterocycles. The van der Waals surface area contributed by atoms with Crippen LogP contribution in [0.15, 0.2) is 36.5 Å². The van der Waals surface area contributed by atoms with Crippen LogP contribution >= 0.6 is 0 Å². The lowest BCUT2D eigenvalue weighted by molar-refractivity contribution is 0.0343. The van der Waals surface area contributed by atoms with Gasteiger partial charge in [0.25, 0.3) is 0 Å². The first-order valence-electron chi connectivity index (χ1n) is 7.80. The molecule has 1 aliphatic heterocycles. The summed E-state index contributed by atoms with van der Waals surface area (Å²) >= 11 is 0. The Balaban J connectivity index is 1.71. The van der Waals surface area contributed by atoms with Crippen LogP contribution in [0.4, 0.5) is 8.78 Å². The summed E-state index contributed by atoms with van der Waals surface area (Å²) in [6.07, 6.45) is 1.83. The zero-order chi connectivity index (χ0) is 16.5. The predicted octanol–water partition coefficient (Wildman–Crippen LogP) is 2.51. The summed E-state index contributed by atoms with van der Waals surface area (Å²) in [4.78, 5) is 2.30. The van der Waals surface area contributed by atoms with Crippen molar-refractivity contribution < 1.29 is 13.5 Å². The third-order valence-electron chi connectivity index (χ3n) is 4.19. The van der Waals surface area contributed by atoms with Gasteiger partial charge in [-0.3, -0.25) is 9.30 Å². The molecule has 4 rings (SSSR count). The van der Waals surface area contributed by atoms with Crippen molar-refractivity contribution in [2.75, 3.05) is 26.3 Å². The van der Waals surface area contributed by atoms with Gasteiger partial charge in [0.2, 0.25) is 0 Å². The third kappa shape index (κ3) is 2.76. The number of aromatic nitrogens is 3. The van der Waals surface area contributed by atoms with Crippen molar-refractivity contribution in [3.05, 3.63) is 53.7 Å². The number of morpholine rings is 1. The van der Waals surface area contributed by atoms with Crippen LogP contribution < -0.4 is 0 Å². The number of hydrogen-bond acceptors (Lipinski definition) is 4. The molecular formula is C17H16F2N4O. The standard InChI is InChI=1S/C17H16F2N4O/c18-14-4-3-12(10-15(14)19)16-20-21-17-13(2-1-5-23(16)17)11-22-6-8-24-9-7-22/h1-5,10H,6-9,11H2. The molecule has 24 heavy (non-hydrogen) atoms. The molecule has 7 heteroatoms. The monoisotopic (exact) mass is 330 g/mol. The van der Waals surface area contributed by atoms with E-state index in [1.165, 1.54) is 6.07 Å². The molecule has 0 N–H and O–H groups in total. The topological polar surface area (TPSA) is 42.7 Å². The van der Waals surface area contributed by atoms with Crippen LogP contribution in [0.3, 0.4) is 0 Å². The molecule has 0 atom stereocenters. The van der Waals surface area contributed by atoms with Gasteiger partial charge in [-0.25, -0.2) is 8.78 Å². The summed E-state index contributed by atoms with van der Waals surface area (Å²) in [5.74, 6) is -1.28. The van der Waals surface area contributed by atoms with E-state index in [1.54, 1.807) is 0 Å². The SMILES string of the molecule is Fc1ccc(-c2nnc3c(CN4CCOCC4)cccn23)cc1F. The maximum atomic E-state index is 13.5. The summed E-state index contributed by atoms with van der Waals surface area (Å²) in [5.41, 5.74) is 2.26. The first-order valence-corrected chi connectivity index (χ1v) is 7.80. The van der Waals surface area contributed by atoms with E-state index in [-0.39, 0.29) is 0 Å². The van der Waals surface area contributed by atoms with Gasteiger partial charge in [0.05, 0.1) is 13.2 Å². The first kappa shape index (κ1) is 15.2. The molecule has 0 saturated carbocycles. The number of ether oxygens (including phenoxy) is 1. The molecule has 0 unspecified atom stereocenters. The zero-order valence-corrected chi connectivity index (χ0v) is 13.0. The van der Waals surface area contributed by atoms with Crippen LogP contribution in [0.25, 0.3) is 17.0 Å². The second-order valence-electron chi connectivity index (χ2n) is 5.77. The number of nitrogens with zero attached hydrogens (tertiary/aromatic N) is 4. The van der Waals surface area contributed by atoms with Gasteiger partial charge in [-0.1, -0.05) is 6.07 Å². The van der Waals surface area contributed by atoms with Gasteiger partial charge in [-0.15, -0.1) is 10.2 Å². The van der Waals surface area contributed by atoms with Crippen molar-refractivity contribution in [2.24, 2.45) is 0 Å². The van der Waals surface area contributed by atoms with Gasteiger partial charge in [0.1, 0.15) is 0 Å². The molecule has 5 nitrogen and oxygen atoms in total. The van der Waals surface area contributed by atoms with E-state index in [0.717, 1.165) is 56.2 Å². The molecule has 3 aromatic rings. The zero-order valence-electron chi connectivity index (χ0n) is 13.0. The highest BCUT2D eigenvalue weighted by Crippen LogP contribution is 2.22. The van der Waals surface area contributed by atoms with Gasteiger partial charge in [-0.2, -0.15) is 0 Å². The first-order chi connectivity index (χ1) is 11.7. The van der Waals surface area contributed by atoms with Crippen LogP contribution in [0.5, 0.6) is 0 Å². The Hall–Kier alpha value is -2.38. The van der Waals surface area contributed by atoms with Crippen LogP contribution in [0.1, 0.15) is 5.56 Å². The van der Waals surface area contributed by atoms with Crippen molar-refractivity contribution in [1.82, 2.24) is 19.5 Å². The average molecular weight is 330 g/mol. The molecule has 0 spiro atoms. The fraction of sp³-hybridized carbons (Fsp3) is 0.294. The van der Waals surface area contributed by atoms with E-state index in [2.05, 4.69) is 15.1 Å². The van der Waals surface area contributed by atoms with Crippen LogP contribution in [0, 0.1) is 11.6 Å². The number of pyridine rings is 1. The molecule has 1 aliphatic rings. The molecule has 1 fully saturated rings. The van der Waals surface area contributed by atoms with E-state index in [4.69, 9.17) is 4.74 Å². The Labute approximate surface area is 137 Å². The smallest absolute Gasteiger partial charge is 0.168 e. The number of benzene rings is 1. The summed E-state index contributed by atoms with van der Waals surface area (Å²) in [6, 6.07) is 7.66. The highest BCUT2D eigenvalue weighted by molar-refractivity contribution is 5.61. The lowest BCUT2D eigenvalue weighted by Gasteiger charge is -2.26.